The second-order valence-electron chi connectivity index (χ2n) is 4.91. The Kier molecular flexibility index (Phi) is 3.14. The number of fused-ring (bicyclic) bond motifs is 2. The fraction of sp³-hybridized carbons (Fsp3) is 0.154. The van der Waals surface area contributed by atoms with Gasteiger partial charge in [-0.05, 0) is 29.7 Å². The smallest absolute Gasteiger partial charge is 0.257 e. The zero-order chi connectivity index (χ0) is 15.3. The van der Waals surface area contributed by atoms with Crippen LogP contribution in [0.3, 0.4) is 0 Å². The lowest BCUT2D eigenvalue weighted by atomic mass is 10.2. The molecule has 114 valence electrons. The average Bonchev–Trinajstić information content (AvgIpc) is 3.11. The molecule has 1 aromatic heterocycles. The molecule has 2 N–H and O–H groups in total. The lowest BCUT2D eigenvalue weighted by Gasteiger charge is -2.22. The van der Waals surface area contributed by atoms with Crippen LogP contribution in [-0.2, 0) is 10.0 Å². The van der Waals surface area contributed by atoms with Crippen molar-refractivity contribution in [2.45, 2.75) is 10.9 Å². The predicted octanol–water partition coefficient (Wildman–Crippen LogP) is 2.69. The first kappa shape index (κ1) is 14.0. The molecule has 0 bridgehead atoms. The lowest BCUT2D eigenvalue weighted by Crippen LogP contribution is -2.42. The maximum atomic E-state index is 12.7. The zero-order valence-electron chi connectivity index (χ0n) is 11.1. The van der Waals surface area contributed by atoms with Gasteiger partial charge in [0.1, 0.15) is 0 Å². The third kappa shape index (κ3) is 2.18. The van der Waals surface area contributed by atoms with Crippen molar-refractivity contribution in [2.75, 3.05) is 4.72 Å². The molecule has 0 spiro atoms. The summed E-state index contributed by atoms with van der Waals surface area (Å²) in [6.45, 7) is 0. The molecule has 6 nitrogen and oxygen atoms in total. The van der Waals surface area contributed by atoms with Crippen molar-refractivity contribution in [3.05, 3.63) is 42.1 Å². The Balaban J connectivity index is 1.65. The van der Waals surface area contributed by atoms with E-state index in [1.54, 1.807) is 34.8 Å². The van der Waals surface area contributed by atoms with Crippen LogP contribution < -0.4 is 4.72 Å². The van der Waals surface area contributed by atoms with E-state index in [0.717, 1.165) is 10.9 Å². The fourth-order valence-corrected chi connectivity index (χ4v) is 5.44. The number of sulfonamides is 1. The molecule has 0 aliphatic carbocycles. The van der Waals surface area contributed by atoms with Crippen molar-refractivity contribution in [1.29, 1.82) is 0 Å². The van der Waals surface area contributed by atoms with E-state index in [0.29, 0.717) is 10.9 Å². The summed E-state index contributed by atoms with van der Waals surface area (Å²) >= 11 is 7.47. The number of nitrogens with zero attached hydrogens (tertiary/aromatic N) is 2. The fourth-order valence-electron chi connectivity index (χ4n) is 2.51. The lowest BCUT2D eigenvalue weighted by molar-refractivity contribution is 0.504. The highest BCUT2D eigenvalue weighted by atomic mass is 35.5. The van der Waals surface area contributed by atoms with E-state index in [9.17, 15) is 8.42 Å². The summed E-state index contributed by atoms with van der Waals surface area (Å²) in [7, 11) is -3.71. The third-order valence-corrected chi connectivity index (χ3v) is 6.40. The van der Waals surface area contributed by atoms with E-state index in [4.69, 9.17) is 11.6 Å². The molecule has 0 fully saturated rings. The Morgan fingerprint density at radius 3 is 3.09 bits per heavy atom. The molecule has 0 radical (unpaired) electrons. The number of benzene rings is 1. The normalized spacial score (nSPS) is 23.9. The second-order valence-corrected chi connectivity index (χ2v) is 8.01. The highest BCUT2D eigenvalue weighted by Gasteiger charge is 2.45. The van der Waals surface area contributed by atoms with Gasteiger partial charge >= 0.3 is 0 Å². The molecule has 2 aliphatic rings. The maximum absolute atomic E-state index is 12.7. The minimum Gasteiger partial charge on any atom is -0.361 e. The number of thioether (sulfide) groups is 1. The van der Waals surface area contributed by atoms with E-state index < -0.39 is 20.9 Å². The molecule has 2 aromatic rings. The highest BCUT2D eigenvalue weighted by molar-refractivity contribution is 8.16. The molecule has 2 aliphatic heterocycles. The number of amidine groups is 1. The Bertz CT molecular complexity index is 906. The molecule has 22 heavy (non-hydrogen) atoms. The zero-order valence-corrected chi connectivity index (χ0v) is 13.5. The van der Waals surface area contributed by atoms with Gasteiger partial charge in [-0.2, -0.15) is 0 Å². The topological polar surface area (TPSA) is 77.6 Å². The summed E-state index contributed by atoms with van der Waals surface area (Å²) < 4.78 is 27.9. The van der Waals surface area contributed by atoms with Crippen LogP contribution in [0.15, 0.2) is 47.1 Å². The number of nitrogens with one attached hydrogen (secondary N) is 2. The number of aromatic nitrogens is 1. The largest absolute Gasteiger partial charge is 0.361 e. The van der Waals surface area contributed by atoms with Gasteiger partial charge in [0.2, 0.25) is 0 Å². The van der Waals surface area contributed by atoms with Crippen LogP contribution >= 0.6 is 23.4 Å². The average molecular weight is 355 g/mol. The van der Waals surface area contributed by atoms with Crippen LogP contribution in [0.1, 0.15) is 0 Å². The number of H-pyrrole nitrogens is 1. The minimum absolute atomic E-state index is 0.500. The van der Waals surface area contributed by atoms with Crippen molar-refractivity contribution in [2.24, 2.45) is 4.99 Å². The molecular formula is C13H11ClN4O2S2. The summed E-state index contributed by atoms with van der Waals surface area (Å²) in [4.78, 5) is 8.81. The molecule has 0 saturated heterocycles. The number of halogens is 1. The van der Waals surface area contributed by atoms with Crippen LogP contribution in [0.2, 0.25) is 0 Å². The van der Waals surface area contributed by atoms with Crippen LogP contribution in [0.5, 0.6) is 0 Å². The van der Waals surface area contributed by atoms with Gasteiger partial charge in [0.15, 0.2) is 16.0 Å². The summed E-state index contributed by atoms with van der Waals surface area (Å²) in [6, 6.07) is 7.20. The summed E-state index contributed by atoms with van der Waals surface area (Å²) in [5, 5.41) is 2.38. The van der Waals surface area contributed by atoms with Crippen molar-refractivity contribution >= 4 is 55.1 Å². The first-order valence-electron chi connectivity index (χ1n) is 6.47. The second kappa shape index (κ2) is 4.94. The Morgan fingerprint density at radius 2 is 2.23 bits per heavy atom. The summed E-state index contributed by atoms with van der Waals surface area (Å²) in [5.41, 5.74) is 0.615. The monoisotopic (exact) mass is 354 g/mol. The summed E-state index contributed by atoms with van der Waals surface area (Å²) in [6.07, 6.45) is 3.49. The van der Waals surface area contributed by atoms with E-state index in [1.807, 2.05) is 12.1 Å². The molecular weight excluding hydrogens is 344 g/mol. The van der Waals surface area contributed by atoms with E-state index in [-0.39, 0.29) is 0 Å². The van der Waals surface area contributed by atoms with Crippen LogP contribution in [0.25, 0.3) is 10.9 Å². The van der Waals surface area contributed by atoms with Gasteiger partial charge in [0.05, 0.1) is 0 Å². The third-order valence-electron chi connectivity index (χ3n) is 3.49. The van der Waals surface area contributed by atoms with Gasteiger partial charge in [-0.3, -0.25) is 4.72 Å². The first-order chi connectivity index (χ1) is 10.5. The Labute approximate surface area is 136 Å². The quantitative estimate of drug-likeness (QED) is 0.656. The van der Waals surface area contributed by atoms with Gasteiger partial charge in [-0.15, -0.1) is 0 Å². The van der Waals surface area contributed by atoms with E-state index >= 15 is 0 Å². The summed E-state index contributed by atoms with van der Waals surface area (Å²) in [5.74, 6) is 0. The van der Waals surface area contributed by atoms with Crippen LogP contribution in [0, 0.1) is 0 Å². The molecule has 2 atom stereocenters. The standard InChI is InChI=1S/C13H11ClN4O2S2/c14-11-12(18-5-6-21-13(18)16-11)22(19,20)17-9-1-2-10-8(7-9)3-4-15-10/h1-7,11-12,15,17H. The number of alkyl halides is 1. The van der Waals surface area contributed by atoms with Gasteiger partial charge in [0.25, 0.3) is 10.0 Å². The van der Waals surface area contributed by atoms with E-state index in [1.165, 1.54) is 11.8 Å². The first-order valence-corrected chi connectivity index (χ1v) is 9.33. The minimum atomic E-state index is -3.71. The number of rotatable bonds is 3. The van der Waals surface area contributed by atoms with Crippen molar-refractivity contribution in [3.63, 3.8) is 0 Å². The van der Waals surface area contributed by atoms with Gasteiger partial charge < -0.3 is 9.88 Å². The maximum Gasteiger partial charge on any atom is 0.257 e. The highest BCUT2D eigenvalue weighted by Crippen LogP contribution is 2.35. The molecule has 3 heterocycles. The number of hydrogen-bond acceptors (Lipinski definition) is 5. The predicted molar refractivity (Wildman–Crippen MR) is 90.3 cm³/mol. The van der Waals surface area contributed by atoms with Crippen molar-refractivity contribution in [1.82, 2.24) is 9.88 Å². The van der Waals surface area contributed by atoms with Gasteiger partial charge in [-0.25, -0.2) is 13.4 Å². The van der Waals surface area contributed by atoms with Crippen LogP contribution in [-0.4, -0.2) is 34.3 Å². The molecule has 2 unspecified atom stereocenters. The number of aliphatic imine (C=N–C) groups is 1. The molecule has 4 rings (SSSR count). The molecule has 1 aromatic carbocycles. The Morgan fingerprint density at radius 1 is 1.36 bits per heavy atom. The van der Waals surface area contributed by atoms with Crippen molar-refractivity contribution in [3.8, 4) is 0 Å². The molecule has 9 heteroatoms. The van der Waals surface area contributed by atoms with Gasteiger partial charge in [0, 0.05) is 29.0 Å². The number of anilines is 1. The van der Waals surface area contributed by atoms with Crippen LogP contribution in [0.4, 0.5) is 5.69 Å². The Hall–Kier alpha value is -1.64. The number of aromatic amines is 1. The SMILES string of the molecule is O=S(=O)(Nc1ccc2[nH]ccc2c1)C1C(Cl)N=C2SC=CN21. The number of hydrogen-bond donors (Lipinski definition) is 2. The van der Waals surface area contributed by atoms with Gasteiger partial charge in [-0.1, -0.05) is 23.4 Å². The van der Waals surface area contributed by atoms with E-state index in [2.05, 4.69) is 14.7 Å². The van der Waals surface area contributed by atoms with Crippen molar-refractivity contribution < 1.29 is 8.42 Å². The molecule has 0 saturated carbocycles. The molecule has 0 amide bonds.